The zero-order valence-electron chi connectivity index (χ0n) is 20.0. The summed E-state index contributed by atoms with van der Waals surface area (Å²) >= 11 is 6.31. The second-order valence-electron chi connectivity index (χ2n) is 9.39. The zero-order valence-corrected chi connectivity index (χ0v) is 20.8. The first-order chi connectivity index (χ1) is 17.7. The quantitative estimate of drug-likeness (QED) is 0.246. The van der Waals surface area contributed by atoms with Gasteiger partial charge in [0.05, 0.1) is 28.4 Å². The molecule has 0 aliphatic carbocycles. The number of hydrogen-bond acceptors (Lipinski definition) is 6. The van der Waals surface area contributed by atoms with Gasteiger partial charge in [-0.15, -0.1) is 0 Å². The number of nitrogens with one attached hydrogen (secondary N) is 4. The van der Waals surface area contributed by atoms with Crippen molar-refractivity contribution in [3.63, 3.8) is 0 Å². The Hall–Kier alpha value is -3.73. The number of carbonyl (C=O) groups excluding carboxylic acids is 4. The lowest BCUT2D eigenvalue weighted by Crippen LogP contribution is -2.44. The van der Waals surface area contributed by atoms with E-state index in [9.17, 15) is 24.3 Å². The molecule has 1 aromatic heterocycles. The molecule has 1 unspecified atom stereocenters. The Morgan fingerprint density at radius 2 is 1.97 bits per heavy atom. The SMILES string of the molecule is Cc1ccc(N2CCC(NC(=O)C(=O)c3c[nH]c4ccc(NC(=O)[C@@H]5C[C@@H](O)CN5)cc34)C2=O)c(Cl)c1. The maximum atomic E-state index is 13.0. The topological polar surface area (TPSA) is 144 Å². The van der Waals surface area contributed by atoms with Gasteiger partial charge in [0.15, 0.2) is 0 Å². The second-order valence-corrected chi connectivity index (χ2v) is 9.80. The predicted molar refractivity (Wildman–Crippen MR) is 139 cm³/mol. The van der Waals surface area contributed by atoms with Gasteiger partial charge in [0, 0.05) is 35.9 Å². The Morgan fingerprint density at radius 3 is 2.70 bits per heavy atom. The van der Waals surface area contributed by atoms with Crippen molar-refractivity contribution in [3.05, 3.63) is 58.7 Å². The van der Waals surface area contributed by atoms with Crippen LogP contribution in [0.2, 0.25) is 5.02 Å². The van der Waals surface area contributed by atoms with Crippen LogP contribution in [0, 0.1) is 6.92 Å². The molecule has 2 aromatic carbocycles. The van der Waals surface area contributed by atoms with Crippen LogP contribution < -0.4 is 20.9 Å². The predicted octanol–water partition coefficient (Wildman–Crippen LogP) is 1.90. The molecule has 2 aliphatic heterocycles. The molecule has 3 amide bonds. The lowest BCUT2D eigenvalue weighted by Gasteiger charge is -2.18. The molecule has 0 bridgehead atoms. The van der Waals surface area contributed by atoms with Gasteiger partial charge < -0.3 is 30.9 Å². The second kappa shape index (κ2) is 9.97. The van der Waals surface area contributed by atoms with Gasteiger partial charge in [0.25, 0.3) is 11.7 Å². The van der Waals surface area contributed by atoms with E-state index in [0.717, 1.165) is 5.56 Å². The van der Waals surface area contributed by atoms with Gasteiger partial charge in [-0.25, -0.2) is 0 Å². The maximum absolute atomic E-state index is 13.0. The van der Waals surface area contributed by atoms with E-state index in [1.165, 1.54) is 11.1 Å². The molecule has 2 saturated heterocycles. The normalized spacial score (nSPS) is 21.4. The standard InChI is InChI=1S/C26H26ClN5O5/c1-13-2-5-22(18(27)8-13)32-7-6-20(26(32)37)31-25(36)23(34)17-12-29-19-4-3-14(9-16(17)19)30-24(35)21-10-15(33)11-28-21/h2-5,8-9,12,15,20-21,28-29,33H,6-7,10-11H2,1H3,(H,30,35)(H,31,36)/t15-,20?,21+/m1/s1. The van der Waals surface area contributed by atoms with Gasteiger partial charge >= 0.3 is 0 Å². The highest BCUT2D eigenvalue weighted by Gasteiger charge is 2.36. The Balaban J connectivity index is 1.28. The van der Waals surface area contributed by atoms with Crippen LogP contribution in [0.4, 0.5) is 11.4 Å². The van der Waals surface area contributed by atoms with Gasteiger partial charge in [-0.1, -0.05) is 17.7 Å². The smallest absolute Gasteiger partial charge is 0.293 e. The number of amides is 3. The number of ketones is 1. The van der Waals surface area contributed by atoms with Gasteiger partial charge in [-0.3, -0.25) is 19.2 Å². The Labute approximate surface area is 217 Å². The molecule has 2 fully saturated rings. The van der Waals surface area contributed by atoms with Crippen molar-refractivity contribution in [2.24, 2.45) is 0 Å². The van der Waals surface area contributed by atoms with Crippen LogP contribution in [0.1, 0.15) is 28.8 Å². The number of halogens is 1. The third-order valence-corrected chi connectivity index (χ3v) is 7.03. The first-order valence-electron chi connectivity index (χ1n) is 12.0. The number of rotatable bonds is 6. The number of aromatic nitrogens is 1. The fourth-order valence-electron chi connectivity index (χ4n) is 4.76. The van der Waals surface area contributed by atoms with Crippen LogP contribution in [0.3, 0.4) is 0 Å². The van der Waals surface area contributed by atoms with Crippen molar-refractivity contribution in [2.75, 3.05) is 23.3 Å². The van der Waals surface area contributed by atoms with Gasteiger partial charge in [0.1, 0.15) is 6.04 Å². The van der Waals surface area contributed by atoms with Crippen molar-refractivity contribution in [1.29, 1.82) is 0 Å². The number of anilines is 2. The van der Waals surface area contributed by atoms with Crippen LogP contribution in [0.15, 0.2) is 42.6 Å². The molecule has 11 heteroatoms. The molecular formula is C26H26ClN5O5. The Bertz CT molecular complexity index is 1420. The number of aliphatic hydroxyl groups is 1. The van der Waals surface area contributed by atoms with Gasteiger partial charge in [0.2, 0.25) is 11.8 Å². The fraction of sp³-hybridized carbons (Fsp3) is 0.308. The largest absolute Gasteiger partial charge is 0.392 e. The molecule has 2 aliphatic rings. The van der Waals surface area contributed by atoms with E-state index >= 15 is 0 Å². The summed E-state index contributed by atoms with van der Waals surface area (Å²) in [6, 6.07) is 9.01. The Kier molecular flexibility index (Phi) is 6.72. The number of aromatic amines is 1. The number of aryl methyl sites for hydroxylation is 1. The summed E-state index contributed by atoms with van der Waals surface area (Å²) in [5, 5.41) is 18.8. The van der Waals surface area contributed by atoms with E-state index in [2.05, 4.69) is 20.9 Å². The number of carbonyl (C=O) groups is 4. The number of aliphatic hydroxyl groups excluding tert-OH is 1. The van der Waals surface area contributed by atoms with Crippen molar-refractivity contribution < 1.29 is 24.3 Å². The van der Waals surface area contributed by atoms with Crippen LogP contribution in [0.25, 0.3) is 10.9 Å². The average molecular weight is 524 g/mol. The minimum Gasteiger partial charge on any atom is -0.392 e. The van der Waals surface area contributed by atoms with Crippen molar-refractivity contribution in [3.8, 4) is 0 Å². The maximum Gasteiger partial charge on any atom is 0.293 e. The molecule has 3 atom stereocenters. The molecule has 5 rings (SSSR count). The van der Waals surface area contributed by atoms with E-state index in [4.69, 9.17) is 11.6 Å². The number of Topliss-reactive ketones (excluding diaryl/α,β-unsaturated/α-hetero) is 1. The van der Waals surface area contributed by atoms with Crippen LogP contribution in [0.5, 0.6) is 0 Å². The van der Waals surface area contributed by atoms with Crippen LogP contribution >= 0.6 is 11.6 Å². The number of benzene rings is 2. The summed E-state index contributed by atoms with van der Waals surface area (Å²) < 4.78 is 0. The van der Waals surface area contributed by atoms with Crippen molar-refractivity contribution in [1.82, 2.24) is 15.6 Å². The van der Waals surface area contributed by atoms with E-state index in [0.29, 0.717) is 53.2 Å². The molecular weight excluding hydrogens is 498 g/mol. The molecule has 0 spiro atoms. The van der Waals surface area contributed by atoms with Gasteiger partial charge in [-0.05, 0) is 55.7 Å². The lowest BCUT2D eigenvalue weighted by molar-refractivity contribution is -0.124. The zero-order chi connectivity index (χ0) is 26.3. The van der Waals surface area contributed by atoms with Crippen LogP contribution in [-0.4, -0.2) is 64.9 Å². The van der Waals surface area contributed by atoms with Crippen molar-refractivity contribution in [2.45, 2.75) is 38.0 Å². The van der Waals surface area contributed by atoms with E-state index in [1.807, 2.05) is 13.0 Å². The summed E-state index contributed by atoms with van der Waals surface area (Å²) in [4.78, 5) is 55.8. The van der Waals surface area contributed by atoms with Gasteiger partial charge in [-0.2, -0.15) is 0 Å². The van der Waals surface area contributed by atoms with E-state index in [1.54, 1.807) is 30.3 Å². The number of fused-ring (bicyclic) bond motifs is 1. The highest BCUT2D eigenvalue weighted by molar-refractivity contribution is 6.45. The van der Waals surface area contributed by atoms with E-state index < -0.39 is 29.9 Å². The fourth-order valence-corrected chi connectivity index (χ4v) is 5.10. The number of β-amino-alcohol motifs (C(OH)–C–C–N with tert-alkyl or cyclic N) is 1. The minimum absolute atomic E-state index is 0.127. The summed E-state index contributed by atoms with van der Waals surface area (Å²) in [7, 11) is 0. The molecule has 0 radical (unpaired) electrons. The third kappa shape index (κ3) is 4.95. The monoisotopic (exact) mass is 523 g/mol. The van der Waals surface area contributed by atoms with Crippen LogP contribution in [-0.2, 0) is 14.4 Å². The average Bonchev–Trinajstić information content (AvgIpc) is 3.58. The number of H-pyrrole nitrogens is 1. The number of nitrogens with zero attached hydrogens (tertiary/aromatic N) is 1. The number of hydrogen-bond donors (Lipinski definition) is 5. The Morgan fingerprint density at radius 1 is 1.16 bits per heavy atom. The summed E-state index contributed by atoms with van der Waals surface area (Å²) in [5.74, 6) is -2.32. The minimum atomic E-state index is -0.894. The first kappa shape index (κ1) is 24.9. The highest BCUT2D eigenvalue weighted by atomic mass is 35.5. The molecule has 37 heavy (non-hydrogen) atoms. The summed E-state index contributed by atoms with van der Waals surface area (Å²) in [6.07, 6.45) is 1.52. The molecule has 5 N–H and O–H groups in total. The summed E-state index contributed by atoms with van der Waals surface area (Å²) in [5.41, 5.74) is 2.72. The molecule has 3 heterocycles. The van der Waals surface area contributed by atoms with E-state index in [-0.39, 0.29) is 17.4 Å². The summed E-state index contributed by atoms with van der Waals surface area (Å²) in [6.45, 7) is 2.61. The molecule has 3 aromatic rings. The highest BCUT2D eigenvalue weighted by Crippen LogP contribution is 2.30. The molecule has 0 saturated carbocycles. The third-order valence-electron chi connectivity index (χ3n) is 6.73. The first-order valence-corrected chi connectivity index (χ1v) is 12.3. The molecule has 10 nitrogen and oxygen atoms in total. The van der Waals surface area contributed by atoms with Crippen molar-refractivity contribution >= 4 is 57.4 Å². The lowest BCUT2D eigenvalue weighted by atomic mass is 10.1. The molecule has 192 valence electrons.